The van der Waals surface area contributed by atoms with E-state index in [-0.39, 0.29) is 5.60 Å². The molecule has 0 heterocycles. The van der Waals surface area contributed by atoms with Gasteiger partial charge in [-0.15, -0.1) is 0 Å². The lowest BCUT2D eigenvalue weighted by Crippen LogP contribution is -2.49. The van der Waals surface area contributed by atoms with Gasteiger partial charge in [-0.05, 0) is 18.8 Å². The predicted molar refractivity (Wildman–Crippen MR) is 57.2 cm³/mol. The molecule has 0 aromatic rings. The number of ether oxygens (including phenoxy) is 1. The van der Waals surface area contributed by atoms with Crippen molar-refractivity contribution in [2.45, 2.75) is 52.1 Å². The van der Waals surface area contributed by atoms with Crippen LogP contribution in [0.3, 0.4) is 0 Å². The van der Waals surface area contributed by atoms with Crippen LogP contribution in [0.15, 0.2) is 0 Å². The first kappa shape index (κ1) is 11.7. The van der Waals surface area contributed by atoms with Crippen molar-refractivity contribution >= 4 is 5.78 Å². The molecule has 0 aromatic heterocycles. The molecule has 0 aromatic carbocycles. The molecular weight excluding hydrogens is 176 g/mol. The Kier molecular flexibility index (Phi) is 3.71. The van der Waals surface area contributed by atoms with E-state index in [4.69, 9.17) is 4.74 Å². The zero-order chi connectivity index (χ0) is 10.8. The molecule has 2 atom stereocenters. The maximum absolute atomic E-state index is 11.5. The van der Waals surface area contributed by atoms with Gasteiger partial charge in [-0.1, -0.05) is 26.7 Å². The Balaban J connectivity index is 2.88. The van der Waals surface area contributed by atoms with Crippen LogP contribution in [-0.2, 0) is 9.53 Å². The molecule has 0 radical (unpaired) electrons. The summed E-state index contributed by atoms with van der Waals surface area (Å²) in [5.74, 6) is 1.22. The fraction of sp³-hybridized carbons (Fsp3) is 0.917. The first-order valence-corrected chi connectivity index (χ1v) is 5.65. The summed E-state index contributed by atoms with van der Waals surface area (Å²) in [5.41, 5.74) is -0.0859. The second kappa shape index (κ2) is 4.43. The van der Waals surface area contributed by atoms with E-state index < -0.39 is 0 Å². The summed E-state index contributed by atoms with van der Waals surface area (Å²) in [4.78, 5) is 11.5. The van der Waals surface area contributed by atoms with Crippen LogP contribution in [0.4, 0.5) is 0 Å². The SMILES string of the molecule is CC[C@@H]1CC(=O)C[C@@H](CC)C1(C)OC. The van der Waals surface area contributed by atoms with Crippen molar-refractivity contribution in [3.63, 3.8) is 0 Å². The van der Waals surface area contributed by atoms with E-state index in [1.165, 1.54) is 0 Å². The van der Waals surface area contributed by atoms with Gasteiger partial charge in [0.05, 0.1) is 5.60 Å². The standard InChI is InChI=1S/C12H22O2/c1-5-9-7-11(13)8-10(6-2)12(9,3)14-4/h9-10H,5-8H2,1-4H3/t9-,10-/m1/s1. The highest BCUT2D eigenvalue weighted by Gasteiger charge is 2.45. The topological polar surface area (TPSA) is 26.3 Å². The minimum Gasteiger partial charge on any atom is -0.378 e. The quantitative estimate of drug-likeness (QED) is 0.697. The zero-order valence-electron chi connectivity index (χ0n) is 9.80. The molecule has 1 rings (SSSR count). The molecule has 1 fully saturated rings. The summed E-state index contributed by atoms with van der Waals surface area (Å²) < 4.78 is 5.68. The summed E-state index contributed by atoms with van der Waals surface area (Å²) in [6, 6.07) is 0. The minimum atomic E-state index is -0.0859. The molecule has 0 bridgehead atoms. The van der Waals surface area contributed by atoms with Crippen molar-refractivity contribution in [1.29, 1.82) is 0 Å². The molecule has 0 saturated heterocycles. The highest BCUT2D eigenvalue weighted by molar-refractivity contribution is 5.80. The Morgan fingerprint density at radius 3 is 2.00 bits per heavy atom. The number of carbonyl (C=O) groups excluding carboxylic acids is 1. The Morgan fingerprint density at radius 2 is 1.71 bits per heavy atom. The highest BCUT2D eigenvalue weighted by Crippen LogP contribution is 2.42. The van der Waals surface area contributed by atoms with Crippen LogP contribution in [0, 0.1) is 11.8 Å². The summed E-state index contributed by atoms with van der Waals surface area (Å²) in [6.45, 7) is 6.46. The summed E-state index contributed by atoms with van der Waals surface area (Å²) in [6.07, 6.45) is 3.48. The van der Waals surface area contributed by atoms with Crippen LogP contribution in [-0.4, -0.2) is 18.5 Å². The van der Waals surface area contributed by atoms with E-state index >= 15 is 0 Å². The third kappa shape index (κ3) is 1.85. The van der Waals surface area contributed by atoms with Crippen molar-refractivity contribution in [3.8, 4) is 0 Å². The number of ketones is 1. The molecule has 0 N–H and O–H groups in total. The van der Waals surface area contributed by atoms with Gasteiger partial charge >= 0.3 is 0 Å². The van der Waals surface area contributed by atoms with Crippen molar-refractivity contribution in [2.75, 3.05) is 7.11 Å². The Labute approximate surface area is 87.0 Å². The number of rotatable bonds is 3. The van der Waals surface area contributed by atoms with E-state index in [1.54, 1.807) is 7.11 Å². The number of hydrogen-bond acceptors (Lipinski definition) is 2. The summed E-state index contributed by atoms with van der Waals surface area (Å²) >= 11 is 0. The fourth-order valence-electron chi connectivity index (χ4n) is 2.80. The molecule has 14 heavy (non-hydrogen) atoms. The largest absolute Gasteiger partial charge is 0.378 e. The molecule has 82 valence electrons. The van der Waals surface area contributed by atoms with Crippen LogP contribution in [0.2, 0.25) is 0 Å². The first-order chi connectivity index (χ1) is 6.58. The number of hydrogen-bond donors (Lipinski definition) is 0. The van der Waals surface area contributed by atoms with Crippen molar-refractivity contribution in [2.24, 2.45) is 11.8 Å². The molecule has 1 aliphatic carbocycles. The lowest BCUT2D eigenvalue weighted by molar-refractivity contribution is -0.145. The van der Waals surface area contributed by atoms with E-state index in [9.17, 15) is 4.79 Å². The Hall–Kier alpha value is -0.370. The van der Waals surface area contributed by atoms with Crippen LogP contribution in [0.5, 0.6) is 0 Å². The van der Waals surface area contributed by atoms with Gasteiger partial charge in [0.1, 0.15) is 5.78 Å². The first-order valence-electron chi connectivity index (χ1n) is 5.65. The van der Waals surface area contributed by atoms with Crippen molar-refractivity contribution in [1.82, 2.24) is 0 Å². The van der Waals surface area contributed by atoms with Gasteiger partial charge in [0.15, 0.2) is 0 Å². The van der Waals surface area contributed by atoms with E-state index in [2.05, 4.69) is 20.8 Å². The van der Waals surface area contributed by atoms with Gasteiger partial charge in [-0.2, -0.15) is 0 Å². The van der Waals surface area contributed by atoms with Gasteiger partial charge in [0.2, 0.25) is 0 Å². The second-order valence-corrected chi connectivity index (χ2v) is 4.55. The lowest BCUT2D eigenvalue weighted by Gasteiger charge is -2.45. The third-order valence-corrected chi connectivity index (χ3v) is 3.99. The van der Waals surface area contributed by atoms with Gasteiger partial charge < -0.3 is 4.74 Å². The van der Waals surface area contributed by atoms with E-state index in [0.717, 1.165) is 12.8 Å². The molecule has 0 spiro atoms. The maximum atomic E-state index is 11.5. The Morgan fingerprint density at radius 1 is 1.29 bits per heavy atom. The third-order valence-electron chi connectivity index (χ3n) is 3.99. The smallest absolute Gasteiger partial charge is 0.133 e. The monoisotopic (exact) mass is 198 g/mol. The predicted octanol–water partition coefficient (Wildman–Crippen LogP) is 2.81. The number of carbonyl (C=O) groups is 1. The average molecular weight is 198 g/mol. The summed E-state index contributed by atoms with van der Waals surface area (Å²) in [7, 11) is 1.78. The minimum absolute atomic E-state index is 0.0859. The molecule has 1 aliphatic rings. The van der Waals surface area contributed by atoms with Gasteiger partial charge in [-0.3, -0.25) is 4.79 Å². The van der Waals surface area contributed by atoms with Gasteiger partial charge in [0, 0.05) is 20.0 Å². The second-order valence-electron chi connectivity index (χ2n) is 4.55. The number of methoxy groups -OCH3 is 1. The molecule has 0 aliphatic heterocycles. The zero-order valence-corrected chi connectivity index (χ0v) is 9.80. The average Bonchev–Trinajstić information content (AvgIpc) is 2.20. The van der Waals surface area contributed by atoms with Crippen LogP contribution >= 0.6 is 0 Å². The van der Waals surface area contributed by atoms with Crippen molar-refractivity contribution < 1.29 is 9.53 Å². The Bertz CT molecular complexity index is 194. The fourth-order valence-corrected chi connectivity index (χ4v) is 2.80. The van der Waals surface area contributed by atoms with Gasteiger partial charge in [0.25, 0.3) is 0 Å². The van der Waals surface area contributed by atoms with E-state index in [0.29, 0.717) is 30.5 Å². The molecule has 0 unspecified atom stereocenters. The molecular formula is C12H22O2. The van der Waals surface area contributed by atoms with E-state index in [1.807, 2.05) is 0 Å². The highest BCUT2D eigenvalue weighted by atomic mass is 16.5. The van der Waals surface area contributed by atoms with Crippen LogP contribution in [0.1, 0.15) is 46.5 Å². The van der Waals surface area contributed by atoms with Crippen LogP contribution < -0.4 is 0 Å². The summed E-state index contributed by atoms with van der Waals surface area (Å²) in [5, 5.41) is 0. The number of Topliss-reactive ketones (excluding diaryl/α,β-unsaturated/α-hetero) is 1. The lowest BCUT2D eigenvalue weighted by atomic mass is 9.67. The van der Waals surface area contributed by atoms with Crippen molar-refractivity contribution in [3.05, 3.63) is 0 Å². The van der Waals surface area contributed by atoms with Crippen LogP contribution in [0.25, 0.3) is 0 Å². The molecule has 0 amide bonds. The normalized spacial score (nSPS) is 31.9. The molecule has 2 nitrogen and oxygen atoms in total. The van der Waals surface area contributed by atoms with Gasteiger partial charge in [-0.25, -0.2) is 0 Å². The molecule has 1 saturated carbocycles. The maximum Gasteiger partial charge on any atom is 0.133 e. The molecule has 2 heteroatoms.